The lowest BCUT2D eigenvalue weighted by Crippen LogP contribution is -2.02. The Morgan fingerprint density at radius 2 is 2.36 bits per heavy atom. The third kappa shape index (κ3) is 2.64. The van der Waals surface area contributed by atoms with Crippen LogP contribution in [-0.4, -0.2) is 15.3 Å². The first kappa shape index (κ1) is 10.9. The third-order valence-corrected chi connectivity index (χ3v) is 1.68. The first-order chi connectivity index (χ1) is 6.50. The molecule has 0 atom stereocenters. The van der Waals surface area contributed by atoms with Gasteiger partial charge in [-0.2, -0.15) is 0 Å². The smallest absolute Gasteiger partial charge is 0.388 e. The Labute approximate surface area is 91.1 Å². The molecule has 0 N–H and O–H groups in total. The highest BCUT2D eigenvalue weighted by Gasteiger charge is 2.19. The molecule has 1 aromatic rings. The summed E-state index contributed by atoms with van der Waals surface area (Å²) in [7, 11) is 0. The average molecular weight is 281 g/mol. The van der Waals surface area contributed by atoms with E-state index in [9.17, 15) is 14.9 Å². The molecule has 1 rings (SSSR count). The van der Waals surface area contributed by atoms with Crippen LogP contribution in [0, 0.1) is 10.1 Å². The number of nitro groups is 1. The minimum atomic E-state index is -1.18. The predicted octanol–water partition coefficient (Wildman–Crippen LogP) is 2.49. The molecule has 74 valence electrons. The summed E-state index contributed by atoms with van der Waals surface area (Å²) < 4.78 is 4.72. The molecule has 0 spiro atoms. The van der Waals surface area contributed by atoms with Crippen LogP contribution in [0.25, 0.3) is 0 Å². The normalized spacial score (nSPS) is 9.57. The van der Waals surface area contributed by atoms with E-state index in [0.29, 0.717) is 4.47 Å². The van der Waals surface area contributed by atoms with Crippen molar-refractivity contribution < 1.29 is 14.5 Å². The zero-order valence-corrected chi connectivity index (χ0v) is 8.78. The van der Waals surface area contributed by atoms with Crippen molar-refractivity contribution in [3.63, 3.8) is 0 Å². The molecular weight excluding hydrogens is 279 g/mol. The summed E-state index contributed by atoms with van der Waals surface area (Å²) in [6.45, 7) is 0. The van der Waals surface area contributed by atoms with Gasteiger partial charge in [0.05, 0.1) is 4.92 Å². The van der Waals surface area contributed by atoms with Gasteiger partial charge in [-0.25, -0.2) is 9.78 Å². The Hall–Kier alpha value is -1.21. The maximum absolute atomic E-state index is 10.5. The van der Waals surface area contributed by atoms with E-state index in [1.54, 1.807) is 0 Å². The van der Waals surface area contributed by atoms with Crippen LogP contribution in [0.4, 0.5) is 10.5 Å². The number of rotatable bonds is 2. The summed E-state index contributed by atoms with van der Waals surface area (Å²) in [6.07, 6.45) is 1.25. The molecule has 0 fully saturated rings. The van der Waals surface area contributed by atoms with Gasteiger partial charge in [0.2, 0.25) is 0 Å². The lowest BCUT2D eigenvalue weighted by Gasteiger charge is -1.99. The van der Waals surface area contributed by atoms with Crippen LogP contribution in [-0.2, 0) is 0 Å². The van der Waals surface area contributed by atoms with Crippen molar-refractivity contribution in [2.45, 2.75) is 0 Å². The second kappa shape index (κ2) is 4.34. The van der Waals surface area contributed by atoms with Gasteiger partial charge >= 0.3 is 17.0 Å². The van der Waals surface area contributed by atoms with Crippen molar-refractivity contribution >= 4 is 38.6 Å². The van der Waals surface area contributed by atoms with Gasteiger partial charge < -0.3 is 4.74 Å². The molecule has 0 unspecified atom stereocenters. The van der Waals surface area contributed by atoms with E-state index in [0.717, 1.165) is 6.07 Å². The molecule has 0 aliphatic carbocycles. The highest BCUT2D eigenvalue weighted by molar-refractivity contribution is 9.10. The lowest BCUT2D eigenvalue weighted by molar-refractivity contribution is -0.386. The first-order valence-electron chi connectivity index (χ1n) is 3.18. The van der Waals surface area contributed by atoms with Crippen molar-refractivity contribution in [2.75, 3.05) is 0 Å². The monoisotopic (exact) mass is 280 g/mol. The van der Waals surface area contributed by atoms with Crippen molar-refractivity contribution in [2.24, 2.45) is 0 Å². The topological polar surface area (TPSA) is 82.3 Å². The highest BCUT2D eigenvalue weighted by atomic mass is 79.9. The molecule has 14 heavy (non-hydrogen) atoms. The van der Waals surface area contributed by atoms with E-state index >= 15 is 0 Å². The molecule has 1 aromatic heterocycles. The van der Waals surface area contributed by atoms with Crippen LogP contribution >= 0.6 is 27.5 Å². The fourth-order valence-corrected chi connectivity index (χ4v) is 1.09. The van der Waals surface area contributed by atoms with Gasteiger partial charge in [0.25, 0.3) is 0 Å². The number of hydrogen-bond donors (Lipinski definition) is 0. The molecular formula is C6H2BrClN2O4. The largest absolute Gasteiger partial charge is 0.410 e. The van der Waals surface area contributed by atoms with E-state index in [2.05, 4.69) is 25.7 Å². The van der Waals surface area contributed by atoms with Crippen molar-refractivity contribution in [1.29, 1.82) is 0 Å². The van der Waals surface area contributed by atoms with E-state index in [1.807, 2.05) is 0 Å². The Balaban J connectivity index is 3.14. The number of halogens is 2. The summed E-state index contributed by atoms with van der Waals surface area (Å²) in [5.74, 6) is -0.432. The van der Waals surface area contributed by atoms with Gasteiger partial charge in [-0.3, -0.25) is 10.1 Å². The molecule has 0 saturated carbocycles. The fraction of sp³-hybridized carbons (Fsp3) is 0. The number of aromatic nitrogens is 1. The lowest BCUT2D eigenvalue weighted by atomic mass is 10.4. The minimum absolute atomic E-state index is 0.401. The summed E-state index contributed by atoms with van der Waals surface area (Å²) >= 11 is 7.88. The van der Waals surface area contributed by atoms with E-state index in [4.69, 9.17) is 11.6 Å². The van der Waals surface area contributed by atoms with Gasteiger partial charge in [-0.1, -0.05) is 0 Å². The Morgan fingerprint density at radius 1 is 1.71 bits per heavy atom. The second-order valence-corrected chi connectivity index (χ2v) is 3.30. The average Bonchev–Trinajstić information content (AvgIpc) is 2.07. The number of carbonyl (C=O) groups excluding carboxylic acids is 1. The number of ether oxygens (including phenoxy) is 1. The molecule has 0 aromatic carbocycles. The van der Waals surface area contributed by atoms with Crippen LogP contribution in [0.3, 0.4) is 0 Å². The molecule has 0 radical (unpaired) electrons. The third-order valence-electron chi connectivity index (χ3n) is 1.17. The molecule has 0 aliphatic heterocycles. The van der Waals surface area contributed by atoms with Gasteiger partial charge in [-0.05, 0) is 15.9 Å². The summed E-state index contributed by atoms with van der Waals surface area (Å²) in [5.41, 5.74) is -1.61. The molecule has 0 amide bonds. The Kier molecular flexibility index (Phi) is 3.37. The van der Waals surface area contributed by atoms with Gasteiger partial charge in [0.15, 0.2) is 0 Å². The molecule has 0 bridgehead atoms. The van der Waals surface area contributed by atoms with Crippen LogP contribution in [0.15, 0.2) is 16.7 Å². The summed E-state index contributed by atoms with van der Waals surface area (Å²) in [5, 5.41) is 10.5. The number of pyridine rings is 1. The van der Waals surface area contributed by atoms with Crippen molar-refractivity contribution in [3.8, 4) is 5.88 Å². The molecule has 0 aliphatic rings. The number of carbonyl (C=O) groups is 1. The van der Waals surface area contributed by atoms with Crippen LogP contribution < -0.4 is 4.74 Å². The second-order valence-electron chi connectivity index (χ2n) is 2.07. The quantitative estimate of drug-likeness (QED) is 0.472. The van der Waals surface area contributed by atoms with E-state index in [1.165, 1.54) is 6.20 Å². The molecule has 0 saturated heterocycles. The van der Waals surface area contributed by atoms with Gasteiger partial charge in [0, 0.05) is 28.3 Å². The van der Waals surface area contributed by atoms with Crippen LogP contribution in [0.2, 0.25) is 0 Å². The Bertz CT molecular complexity index is 397. The standard InChI is InChI=1S/C6H2BrClN2O4/c7-3-1-4(10(12)13)5(9-2-3)14-6(8)11/h1-2H. The van der Waals surface area contributed by atoms with E-state index < -0.39 is 21.9 Å². The summed E-state index contributed by atoms with van der Waals surface area (Å²) in [6, 6.07) is 1.15. The summed E-state index contributed by atoms with van der Waals surface area (Å²) in [4.78, 5) is 23.6. The SMILES string of the molecule is O=C(Cl)Oc1ncc(Br)cc1[N+](=O)[O-]. The minimum Gasteiger partial charge on any atom is -0.388 e. The number of nitrogens with zero attached hydrogens (tertiary/aromatic N) is 2. The van der Waals surface area contributed by atoms with Crippen molar-refractivity contribution in [1.82, 2.24) is 4.98 Å². The maximum Gasteiger partial charge on any atom is 0.410 e. The predicted molar refractivity (Wildman–Crippen MR) is 50.5 cm³/mol. The first-order valence-corrected chi connectivity index (χ1v) is 4.35. The Morgan fingerprint density at radius 3 is 2.86 bits per heavy atom. The van der Waals surface area contributed by atoms with Crippen LogP contribution in [0.1, 0.15) is 0 Å². The highest BCUT2D eigenvalue weighted by Crippen LogP contribution is 2.27. The molecule has 1 heterocycles. The van der Waals surface area contributed by atoms with Crippen LogP contribution in [0.5, 0.6) is 5.88 Å². The number of hydrogen-bond acceptors (Lipinski definition) is 5. The molecule has 6 nitrogen and oxygen atoms in total. The van der Waals surface area contributed by atoms with Crippen molar-refractivity contribution in [3.05, 3.63) is 26.9 Å². The molecule has 8 heteroatoms. The maximum atomic E-state index is 10.5. The zero-order chi connectivity index (χ0) is 10.7. The van der Waals surface area contributed by atoms with E-state index in [-0.39, 0.29) is 0 Å². The van der Waals surface area contributed by atoms with Gasteiger partial charge in [0.1, 0.15) is 0 Å². The zero-order valence-electron chi connectivity index (χ0n) is 6.44. The van der Waals surface area contributed by atoms with Gasteiger partial charge in [-0.15, -0.1) is 0 Å². The fourth-order valence-electron chi connectivity index (χ4n) is 0.701.